The fraction of sp³-hybridized carbons (Fsp3) is 0.462. The smallest absolute Gasteiger partial charge is 0.256 e. The van der Waals surface area contributed by atoms with Crippen molar-refractivity contribution < 1.29 is 9.59 Å². The van der Waals surface area contributed by atoms with Crippen LogP contribution in [-0.4, -0.2) is 23.6 Å². The first-order valence-electron chi connectivity index (χ1n) is 11.3. The molecule has 0 spiro atoms. The van der Waals surface area contributed by atoms with E-state index in [0.29, 0.717) is 17.2 Å². The molecule has 4 rings (SSSR count). The van der Waals surface area contributed by atoms with Gasteiger partial charge in [0.25, 0.3) is 5.91 Å². The number of nitrogens with one attached hydrogen (secondary N) is 2. The van der Waals surface area contributed by atoms with Crippen LogP contribution in [0.5, 0.6) is 0 Å². The summed E-state index contributed by atoms with van der Waals surface area (Å²) in [7, 11) is 0. The Labute approximate surface area is 189 Å². The van der Waals surface area contributed by atoms with Gasteiger partial charge in [-0.1, -0.05) is 24.6 Å². The maximum atomic E-state index is 12.9. The summed E-state index contributed by atoms with van der Waals surface area (Å²) in [6, 6.07) is 13.7. The molecule has 0 heterocycles. The maximum Gasteiger partial charge on any atom is 0.256 e. The van der Waals surface area contributed by atoms with Gasteiger partial charge in [0.2, 0.25) is 5.91 Å². The van der Waals surface area contributed by atoms with Crippen LogP contribution in [0, 0.1) is 31.6 Å². The van der Waals surface area contributed by atoms with Crippen LogP contribution in [0.15, 0.2) is 47.4 Å². The van der Waals surface area contributed by atoms with Crippen molar-refractivity contribution in [3.8, 4) is 0 Å². The number of amides is 2. The first-order chi connectivity index (χ1) is 14.9. The molecule has 0 unspecified atom stereocenters. The van der Waals surface area contributed by atoms with Gasteiger partial charge in [0.1, 0.15) is 0 Å². The highest BCUT2D eigenvalue weighted by molar-refractivity contribution is 8.00. The van der Waals surface area contributed by atoms with E-state index < -0.39 is 0 Å². The van der Waals surface area contributed by atoms with E-state index in [0.717, 1.165) is 33.5 Å². The van der Waals surface area contributed by atoms with E-state index in [2.05, 4.69) is 23.6 Å². The molecule has 0 saturated heterocycles. The second kappa shape index (κ2) is 9.47. The van der Waals surface area contributed by atoms with Gasteiger partial charge in [-0.3, -0.25) is 9.59 Å². The lowest BCUT2D eigenvalue weighted by molar-refractivity contribution is -0.119. The molecule has 0 aromatic heterocycles. The highest BCUT2D eigenvalue weighted by Crippen LogP contribution is 2.49. The molecule has 2 saturated carbocycles. The molecule has 2 aliphatic rings. The summed E-state index contributed by atoms with van der Waals surface area (Å²) in [6.45, 7) is 6.19. The van der Waals surface area contributed by atoms with Crippen LogP contribution in [0.1, 0.15) is 54.1 Å². The van der Waals surface area contributed by atoms with Gasteiger partial charge in [-0.25, -0.2) is 0 Å². The van der Waals surface area contributed by atoms with Gasteiger partial charge < -0.3 is 10.6 Å². The molecule has 2 aromatic rings. The third-order valence-electron chi connectivity index (χ3n) is 6.79. The van der Waals surface area contributed by atoms with Gasteiger partial charge in [-0.05, 0) is 93.2 Å². The highest BCUT2D eigenvalue weighted by atomic mass is 32.2. The molecule has 2 N–H and O–H groups in total. The van der Waals surface area contributed by atoms with Crippen molar-refractivity contribution >= 4 is 29.3 Å². The maximum absolute atomic E-state index is 12.9. The molecule has 4 nitrogen and oxygen atoms in total. The van der Waals surface area contributed by atoms with Crippen LogP contribution in [0.4, 0.5) is 5.69 Å². The SMILES string of the molecule is Cc1cc(C)cc(NC(=O)c2ccccc2SCC(=O)N[C@@H](C)[C@H]2C[C@H]3CC[C@H]2C3)c1. The van der Waals surface area contributed by atoms with Crippen LogP contribution in [0.3, 0.4) is 0 Å². The quantitative estimate of drug-likeness (QED) is 0.556. The van der Waals surface area contributed by atoms with Crippen molar-refractivity contribution in [2.24, 2.45) is 17.8 Å². The lowest BCUT2D eigenvalue weighted by atomic mass is 9.84. The molecule has 164 valence electrons. The van der Waals surface area contributed by atoms with Gasteiger partial charge in [0.15, 0.2) is 0 Å². The van der Waals surface area contributed by atoms with E-state index in [1.54, 1.807) is 0 Å². The van der Waals surface area contributed by atoms with Crippen molar-refractivity contribution in [1.29, 1.82) is 0 Å². The predicted octanol–water partition coefficient (Wildman–Crippen LogP) is 5.59. The van der Waals surface area contributed by atoms with Crippen molar-refractivity contribution in [1.82, 2.24) is 5.32 Å². The Hall–Kier alpha value is -2.27. The van der Waals surface area contributed by atoms with E-state index >= 15 is 0 Å². The van der Waals surface area contributed by atoms with Gasteiger partial charge in [0, 0.05) is 16.6 Å². The number of hydrogen-bond donors (Lipinski definition) is 2. The van der Waals surface area contributed by atoms with Gasteiger partial charge in [-0.2, -0.15) is 0 Å². The summed E-state index contributed by atoms with van der Waals surface area (Å²) < 4.78 is 0. The van der Waals surface area contributed by atoms with Crippen LogP contribution in [0.2, 0.25) is 0 Å². The van der Waals surface area contributed by atoms with Crippen LogP contribution in [0.25, 0.3) is 0 Å². The molecular formula is C26H32N2O2S. The number of hydrogen-bond acceptors (Lipinski definition) is 3. The predicted molar refractivity (Wildman–Crippen MR) is 128 cm³/mol. The number of fused-ring (bicyclic) bond motifs is 2. The Bertz CT molecular complexity index is 953. The topological polar surface area (TPSA) is 58.2 Å². The molecule has 0 radical (unpaired) electrons. The van der Waals surface area contributed by atoms with Crippen molar-refractivity contribution in [3.05, 3.63) is 59.2 Å². The summed E-state index contributed by atoms with van der Waals surface area (Å²) in [4.78, 5) is 26.3. The monoisotopic (exact) mass is 436 g/mol. The number of rotatable bonds is 7. The van der Waals surface area contributed by atoms with Crippen molar-refractivity contribution in [2.75, 3.05) is 11.1 Å². The summed E-state index contributed by atoms with van der Waals surface area (Å²) in [6.07, 6.45) is 5.31. The molecule has 2 aromatic carbocycles. The second-order valence-corrected chi connectivity index (χ2v) is 10.3. The molecule has 2 aliphatic carbocycles. The third-order valence-corrected chi connectivity index (χ3v) is 7.87. The Kier molecular flexibility index (Phi) is 6.71. The minimum atomic E-state index is -0.149. The number of carbonyl (C=O) groups excluding carboxylic acids is 2. The summed E-state index contributed by atoms with van der Waals surface area (Å²) >= 11 is 1.43. The van der Waals surface area contributed by atoms with E-state index in [4.69, 9.17) is 0 Å². The Balaban J connectivity index is 1.34. The molecule has 4 atom stereocenters. The molecular weight excluding hydrogens is 404 g/mol. The fourth-order valence-corrected chi connectivity index (χ4v) is 6.34. The van der Waals surface area contributed by atoms with Crippen molar-refractivity contribution in [3.63, 3.8) is 0 Å². The van der Waals surface area contributed by atoms with Crippen LogP contribution < -0.4 is 10.6 Å². The zero-order valence-corrected chi connectivity index (χ0v) is 19.4. The normalized spacial score (nSPS) is 22.9. The van der Waals surface area contributed by atoms with Gasteiger partial charge >= 0.3 is 0 Å². The zero-order valence-electron chi connectivity index (χ0n) is 18.6. The number of aryl methyl sites for hydroxylation is 2. The summed E-state index contributed by atoms with van der Waals surface area (Å²) in [5.41, 5.74) is 3.61. The fourth-order valence-electron chi connectivity index (χ4n) is 5.48. The highest BCUT2D eigenvalue weighted by Gasteiger charge is 2.42. The molecule has 31 heavy (non-hydrogen) atoms. The average molecular weight is 437 g/mol. The Morgan fingerprint density at radius 1 is 1.06 bits per heavy atom. The zero-order chi connectivity index (χ0) is 22.0. The van der Waals surface area contributed by atoms with Gasteiger partial charge in [0.05, 0.1) is 11.3 Å². The number of thioether (sulfide) groups is 1. The van der Waals surface area contributed by atoms with Crippen LogP contribution >= 0.6 is 11.8 Å². The summed E-state index contributed by atoms with van der Waals surface area (Å²) in [5.74, 6) is 2.52. The molecule has 5 heteroatoms. The molecule has 0 aliphatic heterocycles. The summed E-state index contributed by atoms with van der Waals surface area (Å²) in [5, 5.41) is 6.22. The first kappa shape index (κ1) is 21.9. The van der Waals surface area contributed by atoms with E-state index in [-0.39, 0.29) is 17.9 Å². The minimum absolute atomic E-state index is 0.0461. The lowest BCUT2D eigenvalue weighted by Gasteiger charge is -2.28. The number of benzene rings is 2. The van der Waals surface area contributed by atoms with E-state index in [1.807, 2.05) is 50.2 Å². The molecule has 2 amide bonds. The number of anilines is 1. The second-order valence-electron chi connectivity index (χ2n) is 9.31. The minimum Gasteiger partial charge on any atom is -0.353 e. The Morgan fingerprint density at radius 3 is 2.48 bits per heavy atom. The largest absolute Gasteiger partial charge is 0.353 e. The standard InChI is InChI=1S/C26H32N2O2S/c1-16-10-17(2)12-21(11-16)28-26(30)22-6-4-5-7-24(22)31-15-25(29)27-18(3)23-14-19-8-9-20(23)13-19/h4-7,10-12,18-20,23H,8-9,13-15H2,1-3H3,(H,27,29)(H,28,30)/t18-,19-,20-,23+/m0/s1. The average Bonchev–Trinajstić information content (AvgIpc) is 3.35. The third kappa shape index (κ3) is 5.32. The number of carbonyl (C=O) groups is 2. The Morgan fingerprint density at radius 2 is 1.81 bits per heavy atom. The van der Waals surface area contributed by atoms with Crippen LogP contribution in [-0.2, 0) is 4.79 Å². The van der Waals surface area contributed by atoms with E-state index in [9.17, 15) is 9.59 Å². The first-order valence-corrected chi connectivity index (χ1v) is 12.3. The van der Waals surface area contributed by atoms with Gasteiger partial charge in [-0.15, -0.1) is 11.8 Å². The molecule has 2 fully saturated rings. The lowest BCUT2D eigenvalue weighted by Crippen LogP contribution is -2.40. The molecule has 2 bridgehead atoms. The van der Waals surface area contributed by atoms with E-state index in [1.165, 1.54) is 37.4 Å². The van der Waals surface area contributed by atoms with Crippen molar-refractivity contribution in [2.45, 2.75) is 57.4 Å².